The molecule has 2 atom stereocenters. The Hall–Kier alpha value is -0.860. The van der Waals surface area contributed by atoms with Gasteiger partial charge in [0, 0.05) is 12.5 Å². The van der Waals surface area contributed by atoms with Gasteiger partial charge < -0.3 is 10.0 Å². The quantitative estimate of drug-likeness (QED) is 0.825. The van der Waals surface area contributed by atoms with Gasteiger partial charge in [-0.25, -0.2) is 0 Å². The first kappa shape index (κ1) is 13.2. The van der Waals surface area contributed by atoms with Crippen LogP contribution in [0.5, 0.6) is 0 Å². The summed E-state index contributed by atoms with van der Waals surface area (Å²) in [6.07, 6.45) is 0.742. The monoisotopic (exact) mass is 221 g/mol. The highest BCUT2D eigenvalue weighted by atomic mass is 16.3. The molecule has 0 aliphatic carbocycles. The number of nitrogens with zero attached hydrogens (tertiary/aromatic N) is 1. The summed E-state index contributed by atoms with van der Waals surface area (Å²) < 4.78 is 0. The molecule has 0 unspecified atom stereocenters. The Balaban J connectivity index is 2.93. The first-order chi connectivity index (χ1) is 7.50. The van der Waals surface area contributed by atoms with Gasteiger partial charge in [0.25, 0.3) is 0 Å². The molecule has 16 heavy (non-hydrogen) atoms. The van der Waals surface area contributed by atoms with Crippen LogP contribution in [-0.4, -0.2) is 30.6 Å². The van der Waals surface area contributed by atoms with Crippen LogP contribution in [0.25, 0.3) is 0 Å². The minimum Gasteiger partial charge on any atom is -0.385 e. The summed E-state index contributed by atoms with van der Waals surface area (Å²) in [6, 6.07) is 9.97. The Kier molecular flexibility index (Phi) is 4.51. The van der Waals surface area contributed by atoms with E-state index < -0.39 is 5.60 Å². The second-order valence-electron chi connectivity index (χ2n) is 4.81. The Morgan fingerprint density at radius 3 is 2.25 bits per heavy atom. The van der Waals surface area contributed by atoms with Crippen LogP contribution >= 0.6 is 0 Å². The van der Waals surface area contributed by atoms with Crippen LogP contribution in [0.15, 0.2) is 30.3 Å². The van der Waals surface area contributed by atoms with Crippen LogP contribution in [0.3, 0.4) is 0 Å². The summed E-state index contributed by atoms with van der Waals surface area (Å²) in [5, 5.41) is 10.8. The molecular weight excluding hydrogens is 198 g/mol. The zero-order chi connectivity index (χ0) is 12.2. The number of benzene rings is 1. The van der Waals surface area contributed by atoms with E-state index in [2.05, 4.69) is 11.8 Å². The van der Waals surface area contributed by atoms with Gasteiger partial charge in [0.2, 0.25) is 0 Å². The molecule has 1 rings (SSSR count). The van der Waals surface area contributed by atoms with Gasteiger partial charge in [-0.1, -0.05) is 44.2 Å². The maximum Gasteiger partial charge on any atom is 0.0931 e. The zero-order valence-electron chi connectivity index (χ0n) is 10.8. The number of hydrogen-bond acceptors (Lipinski definition) is 2. The van der Waals surface area contributed by atoms with Crippen LogP contribution in [0.2, 0.25) is 0 Å². The summed E-state index contributed by atoms with van der Waals surface area (Å²) in [5.41, 5.74) is 0.303. The molecule has 1 N–H and O–H groups in total. The second kappa shape index (κ2) is 5.46. The van der Waals surface area contributed by atoms with Crippen molar-refractivity contribution in [2.75, 3.05) is 20.6 Å². The van der Waals surface area contributed by atoms with Crippen molar-refractivity contribution in [2.24, 2.45) is 5.92 Å². The summed E-state index contributed by atoms with van der Waals surface area (Å²) in [5.74, 6) is 0.217. The highest BCUT2D eigenvalue weighted by Crippen LogP contribution is 2.33. The molecule has 0 saturated carbocycles. The molecule has 1 aromatic rings. The molecule has 2 nitrogen and oxygen atoms in total. The van der Waals surface area contributed by atoms with Crippen LogP contribution < -0.4 is 0 Å². The molecule has 0 aliphatic heterocycles. The van der Waals surface area contributed by atoms with Crippen LogP contribution in [0.4, 0.5) is 0 Å². The molecule has 0 heterocycles. The Labute approximate surface area is 98.9 Å². The normalized spacial score (nSPS) is 17.1. The Morgan fingerprint density at radius 1 is 1.25 bits per heavy atom. The molecule has 0 amide bonds. The highest BCUT2D eigenvalue weighted by Gasteiger charge is 2.33. The van der Waals surface area contributed by atoms with Crippen molar-refractivity contribution in [3.05, 3.63) is 35.9 Å². The van der Waals surface area contributed by atoms with Gasteiger partial charge >= 0.3 is 0 Å². The summed E-state index contributed by atoms with van der Waals surface area (Å²) >= 11 is 0. The van der Waals surface area contributed by atoms with E-state index in [-0.39, 0.29) is 5.92 Å². The van der Waals surface area contributed by atoms with E-state index in [9.17, 15) is 5.11 Å². The predicted molar refractivity (Wildman–Crippen MR) is 68.3 cm³/mol. The summed E-state index contributed by atoms with van der Waals surface area (Å²) in [7, 11) is 4.08. The Morgan fingerprint density at radius 2 is 1.81 bits per heavy atom. The van der Waals surface area contributed by atoms with Gasteiger partial charge in [-0.15, -0.1) is 0 Å². The molecule has 1 aromatic carbocycles. The van der Waals surface area contributed by atoms with E-state index in [4.69, 9.17) is 0 Å². The van der Waals surface area contributed by atoms with E-state index in [0.717, 1.165) is 18.5 Å². The van der Waals surface area contributed by atoms with Crippen molar-refractivity contribution in [2.45, 2.75) is 25.9 Å². The van der Waals surface area contributed by atoms with Crippen molar-refractivity contribution in [3.8, 4) is 0 Å². The fourth-order valence-electron chi connectivity index (χ4n) is 2.26. The lowest BCUT2D eigenvalue weighted by Gasteiger charge is -2.35. The first-order valence-electron chi connectivity index (χ1n) is 5.93. The minimum absolute atomic E-state index is 0.217. The standard InChI is InChI=1S/C14H23NO/c1-5-14(16,12(2)11-15(3)4)13-9-7-6-8-10-13/h6-10,12,16H,5,11H2,1-4H3/t12-,14-/m1/s1. The number of rotatable bonds is 5. The number of hydrogen-bond donors (Lipinski definition) is 1. The maximum absolute atomic E-state index is 10.8. The lowest BCUT2D eigenvalue weighted by molar-refractivity contribution is -0.0291. The topological polar surface area (TPSA) is 23.5 Å². The second-order valence-corrected chi connectivity index (χ2v) is 4.81. The molecule has 2 heteroatoms. The predicted octanol–water partition coefficient (Wildman–Crippen LogP) is 2.48. The van der Waals surface area contributed by atoms with Gasteiger partial charge in [-0.3, -0.25) is 0 Å². The van der Waals surface area contributed by atoms with E-state index in [1.165, 1.54) is 0 Å². The van der Waals surface area contributed by atoms with Crippen LogP contribution in [-0.2, 0) is 5.60 Å². The molecule has 0 bridgehead atoms. The van der Waals surface area contributed by atoms with Crippen molar-refractivity contribution in [3.63, 3.8) is 0 Å². The third-order valence-electron chi connectivity index (χ3n) is 3.27. The van der Waals surface area contributed by atoms with E-state index >= 15 is 0 Å². The molecule has 0 fully saturated rings. The van der Waals surface area contributed by atoms with Gasteiger partial charge in [0.05, 0.1) is 5.60 Å². The Bertz CT molecular complexity index is 310. The molecular formula is C14H23NO. The van der Waals surface area contributed by atoms with Gasteiger partial charge in [0.1, 0.15) is 0 Å². The molecule has 90 valence electrons. The van der Waals surface area contributed by atoms with E-state index in [0.29, 0.717) is 0 Å². The van der Waals surface area contributed by atoms with Crippen molar-refractivity contribution < 1.29 is 5.11 Å². The molecule has 0 radical (unpaired) electrons. The lowest BCUT2D eigenvalue weighted by Crippen LogP contribution is -2.38. The first-order valence-corrected chi connectivity index (χ1v) is 5.93. The van der Waals surface area contributed by atoms with Crippen molar-refractivity contribution in [1.82, 2.24) is 4.90 Å². The molecule has 0 spiro atoms. The molecule has 0 saturated heterocycles. The zero-order valence-corrected chi connectivity index (χ0v) is 10.8. The average Bonchev–Trinajstić information content (AvgIpc) is 2.28. The highest BCUT2D eigenvalue weighted by molar-refractivity contribution is 5.23. The minimum atomic E-state index is -0.717. The fraction of sp³-hybridized carbons (Fsp3) is 0.571. The summed E-state index contributed by atoms with van der Waals surface area (Å²) in [4.78, 5) is 2.12. The molecule has 0 aliphatic rings. The van der Waals surface area contributed by atoms with Crippen LogP contribution in [0.1, 0.15) is 25.8 Å². The van der Waals surface area contributed by atoms with E-state index in [1.54, 1.807) is 0 Å². The number of aliphatic hydroxyl groups is 1. The molecule has 0 aromatic heterocycles. The largest absolute Gasteiger partial charge is 0.385 e. The SMILES string of the molecule is CC[C@](O)(c1ccccc1)[C@H](C)CN(C)C. The smallest absolute Gasteiger partial charge is 0.0931 e. The summed E-state index contributed by atoms with van der Waals surface area (Å²) in [6.45, 7) is 5.04. The van der Waals surface area contributed by atoms with Crippen LogP contribution in [0, 0.1) is 5.92 Å². The van der Waals surface area contributed by atoms with E-state index in [1.807, 2.05) is 51.4 Å². The van der Waals surface area contributed by atoms with Gasteiger partial charge in [0.15, 0.2) is 0 Å². The average molecular weight is 221 g/mol. The third kappa shape index (κ3) is 2.83. The van der Waals surface area contributed by atoms with Crippen molar-refractivity contribution in [1.29, 1.82) is 0 Å². The maximum atomic E-state index is 10.8. The third-order valence-corrected chi connectivity index (χ3v) is 3.27. The van der Waals surface area contributed by atoms with Gasteiger partial charge in [-0.2, -0.15) is 0 Å². The van der Waals surface area contributed by atoms with Gasteiger partial charge in [-0.05, 0) is 26.1 Å². The fourth-order valence-corrected chi connectivity index (χ4v) is 2.26. The van der Waals surface area contributed by atoms with Crippen molar-refractivity contribution >= 4 is 0 Å². The lowest BCUT2D eigenvalue weighted by atomic mass is 9.80.